The van der Waals surface area contributed by atoms with Gasteiger partial charge in [-0.1, -0.05) is 12.1 Å². The fraction of sp³-hybridized carbons (Fsp3) is 0.0909. The van der Waals surface area contributed by atoms with E-state index in [0.29, 0.717) is 11.3 Å². The number of anilines is 2. The highest BCUT2D eigenvalue weighted by atomic mass is 35.5. The summed E-state index contributed by atoms with van der Waals surface area (Å²) in [6.45, 7) is 0. The van der Waals surface area contributed by atoms with E-state index >= 15 is 0 Å². The number of para-hydroxylation sites is 1. The molecule has 1 heterocycles. The van der Waals surface area contributed by atoms with Crippen LogP contribution in [-0.2, 0) is 0 Å². The lowest BCUT2D eigenvalue weighted by Crippen LogP contribution is -2.15. The summed E-state index contributed by atoms with van der Waals surface area (Å²) in [5.41, 5.74) is 1.17. The molecule has 0 saturated heterocycles. The van der Waals surface area contributed by atoms with E-state index in [4.69, 9.17) is 28.5 Å². The molecular weight excluding hydrogens is 273 g/mol. The average Bonchev–Trinajstić information content (AvgIpc) is 2.36. The second-order valence-electron chi connectivity index (χ2n) is 3.36. The van der Waals surface area contributed by atoms with Gasteiger partial charge in [-0.05, 0) is 35.3 Å². The summed E-state index contributed by atoms with van der Waals surface area (Å²) in [5, 5.41) is 9.05. The zero-order valence-corrected chi connectivity index (χ0v) is 10.8. The van der Waals surface area contributed by atoms with Crippen LogP contribution in [-0.4, -0.2) is 22.0 Å². The predicted octanol–water partition coefficient (Wildman–Crippen LogP) is 2.82. The molecule has 0 N–H and O–H groups in total. The van der Waals surface area contributed by atoms with Gasteiger partial charge in [-0.3, -0.25) is 0 Å². The molecule has 0 amide bonds. The molecule has 0 unspecified atom stereocenters. The number of hydrogen-bond donors (Lipinski definition) is 0. The summed E-state index contributed by atoms with van der Waals surface area (Å²) in [6, 6.07) is 9.18. The molecular formula is C11H7Cl2N5. The quantitative estimate of drug-likeness (QED) is 0.846. The molecule has 2 rings (SSSR count). The van der Waals surface area contributed by atoms with Gasteiger partial charge < -0.3 is 4.90 Å². The second-order valence-corrected chi connectivity index (χ2v) is 4.04. The van der Waals surface area contributed by atoms with Crippen LogP contribution in [0.2, 0.25) is 10.6 Å². The van der Waals surface area contributed by atoms with Gasteiger partial charge >= 0.3 is 0 Å². The maximum absolute atomic E-state index is 9.04. The van der Waals surface area contributed by atoms with Crippen LogP contribution in [0.5, 0.6) is 0 Å². The lowest BCUT2D eigenvalue weighted by atomic mass is 10.2. The molecule has 0 saturated carbocycles. The molecule has 0 aliphatic carbocycles. The minimum absolute atomic E-state index is 0.00582. The molecule has 1 aromatic heterocycles. The number of hydrogen-bond acceptors (Lipinski definition) is 5. The first-order chi connectivity index (χ1) is 8.61. The van der Waals surface area contributed by atoms with Gasteiger partial charge in [0.25, 0.3) is 0 Å². The van der Waals surface area contributed by atoms with Crippen molar-refractivity contribution >= 4 is 34.8 Å². The van der Waals surface area contributed by atoms with E-state index in [0.717, 1.165) is 0 Å². The molecule has 0 fully saturated rings. The molecule has 90 valence electrons. The molecule has 0 radical (unpaired) electrons. The van der Waals surface area contributed by atoms with Gasteiger partial charge in [0.1, 0.15) is 6.07 Å². The minimum atomic E-state index is 0.00582. The van der Waals surface area contributed by atoms with Crippen molar-refractivity contribution in [3.8, 4) is 6.07 Å². The first-order valence-electron chi connectivity index (χ1n) is 4.91. The molecule has 5 nitrogen and oxygen atoms in total. The third kappa shape index (κ3) is 2.50. The molecule has 2 aromatic rings. The Morgan fingerprint density at radius 2 is 1.72 bits per heavy atom. The summed E-state index contributed by atoms with van der Waals surface area (Å²) < 4.78 is 0. The van der Waals surface area contributed by atoms with Crippen molar-refractivity contribution in [2.24, 2.45) is 0 Å². The van der Waals surface area contributed by atoms with E-state index in [-0.39, 0.29) is 16.5 Å². The number of rotatable bonds is 2. The Kier molecular flexibility index (Phi) is 3.60. The molecule has 0 spiro atoms. The third-order valence-corrected chi connectivity index (χ3v) is 2.59. The van der Waals surface area contributed by atoms with Crippen LogP contribution in [0.1, 0.15) is 5.56 Å². The molecule has 0 aliphatic heterocycles. The van der Waals surface area contributed by atoms with Crippen molar-refractivity contribution in [1.82, 2.24) is 15.0 Å². The normalized spacial score (nSPS) is 9.89. The highest BCUT2D eigenvalue weighted by Gasteiger charge is 2.13. The van der Waals surface area contributed by atoms with E-state index in [1.807, 2.05) is 6.07 Å². The van der Waals surface area contributed by atoms with Gasteiger partial charge in [0.05, 0.1) is 11.3 Å². The van der Waals surface area contributed by atoms with Gasteiger partial charge in [-0.2, -0.15) is 20.2 Å². The average molecular weight is 280 g/mol. The van der Waals surface area contributed by atoms with E-state index < -0.39 is 0 Å². The first-order valence-corrected chi connectivity index (χ1v) is 5.67. The first kappa shape index (κ1) is 12.6. The predicted molar refractivity (Wildman–Crippen MR) is 69.1 cm³/mol. The van der Waals surface area contributed by atoms with Crippen LogP contribution in [0.4, 0.5) is 11.6 Å². The number of aromatic nitrogens is 3. The van der Waals surface area contributed by atoms with Gasteiger partial charge in [0.2, 0.25) is 16.5 Å². The molecule has 18 heavy (non-hydrogen) atoms. The summed E-state index contributed by atoms with van der Waals surface area (Å²) in [7, 11) is 1.72. The van der Waals surface area contributed by atoms with E-state index in [1.54, 1.807) is 30.1 Å². The Morgan fingerprint density at radius 1 is 1.11 bits per heavy atom. The monoisotopic (exact) mass is 279 g/mol. The largest absolute Gasteiger partial charge is 0.312 e. The van der Waals surface area contributed by atoms with E-state index in [2.05, 4.69) is 21.0 Å². The van der Waals surface area contributed by atoms with Gasteiger partial charge in [0.15, 0.2) is 0 Å². The fourth-order valence-corrected chi connectivity index (χ4v) is 1.79. The molecule has 0 atom stereocenters. The summed E-state index contributed by atoms with van der Waals surface area (Å²) in [5.74, 6) is 0.280. The number of halogens is 2. The van der Waals surface area contributed by atoms with Crippen molar-refractivity contribution in [3.05, 3.63) is 40.4 Å². The topological polar surface area (TPSA) is 65.7 Å². The fourth-order valence-electron chi connectivity index (χ4n) is 1.43. The Hall–Kier alpha value is -1.90. The van der Waals surface area contributed by atoms with Crippen LogP contribution < -0.4 is 4.90 Å². The van der Waals surface area contributed by atoms with Crippen molar-refractivity contribution < 1.29 is 0 Å². The highest BCUT2D eigenvalue weighted by Crippen LogP contribution is 2.24. The van der Waals surface area contributed by atoms with E-state index in [9.17, 15) is 0 Å². The lowest BCUT2D eigenvalue weighted by molar-refractivity contribution is 0.984. The third-order valence-electron chi connectivity index (χ3n) is 2.25. The van der Waals surface area contributed by atoms with Crippen molar-refractivity contribution in [3.63, 3.8) is 0 Å². The Morgan fingerprint density at radius 3 is 2.33 bits per heavy atom. The molecule has 7 heteroatoms. The number of nitrogens with zero attached hydrogens (tertiary/aromatic N) is 5. The summed E-state index contributed by atoms with van der Waals surface area (Å²) in [4.78, 5) is 13.2. The number of benzene rings is 1. The smallest absolute Gasteiger partial charge is 0.235 e. The van der Waals surface area contributed by atoms with E-state index in [1.165, 1.54) is 0 Å². The summed E-state index contributed by atoms with van der Waals surface area (Å²) in [6.07, 6.45) is 0. The zero-order valence-electron chi connectivity index (χ0n) is 9.30. The number of nitriles is 1. The lowest BCUT2D eigenvalue weighted by Gasteiger charge is -2.18. The van der Waals surface area contributed by atoms with Crippen LogP contribution in [0.15, 0.2) is 24.3 Å². The van der Waals surface area contributed by atoms with Crippen molar-refractivity contribution in [2.45, 2.75) is 0 Å². The Bertz CT molecular complexity index is 603. The SMILES string of the molecule is CN(c1nc(Cl)nc(Cl)n1)c1ccccc1C#N. The van der Waals surface area contributed by atoms with Crippen molar-refractivity contribution in [2.75, 3.05) is 11.9 Å². The standard InChI is InChI=1S/C11H7Cl2N5/c1-18(8-5-3-2-4-7(8)6-14)11-16-9(12)15-10(13)17-11/h2-5H,1H3. The van der Waals surface area contributed by atoms with Crippen LogP contribution in [0.25, 0.3) is 0 Å². The molecule has 0 bridgehead atoms. The minimum Gasteiger partial charge on any atom is -0.312 e. The Balaban J connectivity index is 2.48. The van der Waals surface area contributed by atoms with Crippen LogP contribution in [0, 0.1) is 11.3 Å². The zero-order chi connectivity index (χ0) is 13.1. The van der Waals surface area contributed by atoms with Gasteiger partial charge in [0, 0.05) is 7.05 Å². The summed E-state index contributed by atoms with van der Waals surface area (Å²) >= 11 is 11.4. The maximum atomic E-state index is 9.04. The molecule has 1 aromatic carbocycles. The van der Waals surface area contributed by atoms with Crippen LogP contribution >= 0.6 is 23.2 Å². The van der Waals surface area contributed by atoms with Gasteiger partial charge in [-0.25, -0.2) is 0 Å². The highest BCUT2D eigenvalue weighted by molar-refractivity contribution is 6.31. The second kappa shape index (κ2) is 5.17. The van der Waals surface area contributed by atoms with Crippen LogP contribution in [0.3, 0.4) is 0 Å². The molecule has 0 aliphatic rings. The van der Waals surface area contributed by atoms with Crippen molar-refractivity contribution in [1.29, 1.82) is 5.26 Å². The maximum Gasteiger partial charge on any atom is 0.235 e. The van der Waals surface area contributed by atoms with Gasteiger partial charge in [-0.15, -0.1) is 0 Å². The Labute approximate surface area is 114 Å².